The summed E-state index contributed by atoms with van der Waals surface area (Å²) < 4.78 is 14.4. The normalized spacial score (nSPS) is 16.7. The molecule has 1 aromatic heterocycles. The molecule has 0 atom stereocenters. The Morgan fingerprint density at radius 2 is 1.67 bits per heavy atom. The lowest BCUT2D eigenvalue weighted by molar-refractivity contribution is -0.116. The molecule has 5 heteroatoms. The molecule has 2 aliphatic carbocycles. The second-order valence-electron chi connectivity index (χ2n) is 9.80. The molecule has 1 heterocycles. The molecule has 0 radical (unpaired) electrons. The fourth-order valence-electron chi connectivity index (χ4n) is 4.92. The zero-order valence-corrected chi connectivity index (χ0v) is 20.0. The number of aromatic nitrogens is 2. The highest BCUT2D eigenvalue weighted by Gasteiger charge is 2.27. The highest BCUT2D eigenvalue weighted by molar-refractivity contribution is 6.01. The average Bonchev–Trinajstić information content (AvgIpc) is 3.62. The number of halogens is 1. The van der Waals surface area contributed by atoms with Crippen molar-refractivity contribution in [2.24, 2.45) is 5.92 Å². The van der Waals surface area contributed by atoms with Crippen LogP contribution in [0.4, 0.5) is 4.39 Å². The topological polar surface area (TPSA) is 57.8 Å². The number of aromatic amines is 1. The summed E-state index contributed by atoms with van der Waals surface area (Å²) in [7, 11) is 0. The van der Waals surface area contributed by atoms with Crippen LogP contribution in [0.2, 0.25) is 0 Å². The third-order valence-electron chi connectivity index (χ3n) is 7.22. The first-order valence-electron chi connectivity index (χ1n) is 12.7. The van der Waals surface area contributed by atoms with Crippen LogP contribution in [-0.2, 0) is 4.79 Å². The van der Waals surface area contributed by atoms with Gasteiger partial charge in [0, 0.05) is 12.1 Å². The summed E-state index contributed by atoms with van der Waals surface area (Å²) in [5.41, 5.74) is 7.32. The second-order valence-corrected chi connectivity index (χ2v) is 9.80. The first-order valence-corrected chi connectivity index (χ1v) is 12.7. The van der Waals surface area contributed by atoms with Gasteiger partial charge in [-0.25, -0.2) is 0 Å². The molecule has 3 aromatic carbocycles. The molecule has 36 heavy (non-hydrogen) atoms. The first-order chi connectivity index (χ1) is 17.7. The molecule has 0 unspecified atom stereocenters. The van der Waals surface area contributed by atoms with Crippen molar-refractivity contribution >= 4 is 34.0 Å². The van der Waals surface area contributed by atoms with E-state index in [-0.39, 0.29) is 5.91 Å². The smallest absolute Gasteiger partial charge is 0.244 e. The van der Waals surface area contributed by atoms with E-state index in [4.69, 9.17) is 0 Å². The molecule has 0 bridgehead atoms. The van der Waals surface area contributed by atoms with E-state index in [0.717, 1.165) is 47.9 Å². The maximum absolute atomic E-state index is 14.4. The maximum atomic E-state index is 14.4. The van der Waals surface area contributed by atoms with Gasteiger partial charge >= 0.3 is 0 Å². The van der Waals surface area contributed by atoms with Gasteiger partial charge in [0.25, 0.3) is 0 Å². The Balaban J connectivity index is 1.45. The number of amides is 1. The number of carbonyl (C=O) groups is 1. The average molecular weight is 478 g/mol. The van der Waals surface area contributed by atoms with Crippen molar-refractivity contribution in [3.63, 3.8) is 0 Å². The molecule has 0 spiro atoms. The monoisotopic (exact) mass is 477 g/mol. The van der Waals surface area contributed by atoms with Crippen LogP contribution in [0.15, 0.2) is 78.9 Å². The van der Waals surface area contributed by atoms with Crippen LogP contribution in [0.3, 0.4) is 0 Å². The second kappa shape index (κ2) is 9.57. The first kappa shape index (κ1) is 22.5. The SMILES string of the molecule is O=C(/C=C/c1ccc(/C(=C(\c2ccccc2)C2CCC2)c2ccc3[nH]nc(F)c3c2)cc1)NC1CC1. The van der Waals surface area contributed by atoms with Crippen molar-refractivity contribution < 1.29 is 9.18 Å². The Bertz CT molecular complexity index is 1460. The third kappa shape index (κ3) is 4.61. The van der Waals surface area contributed by atoms with Gasteiger partial charge in [0.2, 0.25) is 11.9 Å². The predicted octanol–water partition coefficient (Wildman–Crippen LogP) is 6.75. The Kier molecular flexibility index (Phi) is 5.98. The minimum atomic E-state index is -0.485. The van der Waals surface area contributed by atoms with Crippen LogP contribution in [0.5, 0.6) is 0 Å². The van der Waals surface area contributed by atoms with Crippen LogP contribution < -0.4 is 5.32 Å². The number of nitrogens with zero attached hydrogens (tertiary/aromatic N) is 1. The van der Waals surface area contributed by atoms with Gasteiger partial charge in [0.05, 0.1) is 10.9 Å². The maximum Gasteiger partial charge on any atom is 0.244 e. The zero-order chi connectivity index (χ0) is 24.5. The molecule has 180 valence electrons. The number of allylic oxidation sites excluding steroid dienone is 1. The van der Waals surface area contributed by atoms with Gasteiger partial charge in [-0.05, 0) is 83.2 Å². The summed E-state index contributed by atoms with van der Waals surface area (Å²) in [6.45, 7) is 0. The third-order valence-corrected chi connectivity index (χ3v) is 7.22. The minimum absolute atomic E-state index is 0.0473. The lowest BCUT2D eigenvalue weighted by Crippen LogP contribution is -2.22. The minimum Gasteiger partial charge on any atom is -0.350 e. The Morgan fingerprint density at radius 3 is 2.36 bits per heavy atom. The van der Waals surface area contributed by atoms with Crippen molar-refractivity contribution in [1.82, 2.24) is 15.5 Å². The molecular formula is C31H28FN3O. The summed E-state index contributed by atoms with van der Waals surface area (Å²) in [4.78, 5) is 12.1. The van der Waals surface area contributed by atoms with E-state index >= 15 is 0 Å². The van der Waals surface area contributed by atoms with Crippen molar-refractivity contribution in [3.05, 3.63) is 107 Å². The highest BCUT2D eigenvalue weighted by atomic mass is 19.1. The largest absolute Gasteiger partial charge is 0.350 e. The van der Waals surface area contributed by atoms with Crippen molar-refractivity contribution in [1.29, 1.82) is 0 Å². The van der Waals surface area contributed by atoms with Gasteiger partial charge in [0.15, 0.2) is 0 Å². The Morgan fingerprint density at radius 1 is 0.917 bits per heavy atom. The summed E-state index contributed by atoms with van der Waals surface area (Å²) >= 11 is 0. The van der Waals surface area contributed by atoms with E-state index in [0.29, 0.717) is 22.9 Å². The number of hydrogen-bond donors (Lipinski definition) is 2. The van der Waals surface area contributed by atoms with Crippen LogP contribution in [0.1, 0.15) is 54.4 Å². The van der Waals surface area contributed by atoms with Gasteiger partial charge in [0.1, 0.15) is 0 Å². The molecule has 2 N–H and O–H groups in total. The van der Waals surface area contributed by atoms with Crippen LogP contribution in [-0.4, -0.2) is 22.1 Å². The number of nitrogens with one attached hydrogen (secondary N) is 2. The molecule has 4 aromatic rings. The number of fused-ring (bicyclic) bond motifs is 1. The highest BCUT2D eigenvalue weighted by Crippen LogP contribution is 2.45. The number of carbonyl (C=O) groups excluding carboxylic acids is 1. The molecule has 0 aliphatic heterocycles. The molecule has 0 saturated heterocycles. The standard InChI is InChI=1S/C31H28FN3O/c32-31-26-19-24(14-17-27(26)34-35-31)30(29(22-7-4-8-22)21-5-2-1-3-6-21)23-12-9-20(10-13-23)11-18-28(36)33-25-15-16-25/h1-3,5-6,9-14,17-19,22,25H,4,7-8,15-16H2,(H,33,36)(H,34,35)/b18-11+,30-29-. The summed E-state index contributed by atoms with van der Waals surface area (Å²) in [6.07, 6.45) is 9.10. The van der Waals surface area contributed by atoms with E-state index < -0.39 is 5.95 Å². The Hall–Kier alpha value is -3.99. The molecule has 1 amide bonds. The summed E-state index contributed by atoms with van der Waals surface area (Å²) in [5, 5.41) is 9.99. The predicted molar refractivity (Wildman–Crippen MR) is 142 cm³/mol. The number of rotatable bonds is 7. The lowest BCUT2D eigenvalue weighted by atomic mass is 9.73. The fourth-order valence-corrected chi connectivity index (χ4v) is 4.92. The van der Waals surface area contributed by atoms with E-state index in [9.17, 15) is 9.18 Å². The Labute approximate surface area is 209 Å². The lowest BCUT2D eigenvalue weighted by Gasteiger charge is -2.31. The molecule has 2 aliphatic rings. The summed E-state index contributed by atoms with van der Waals surface area (Å²) in [6, 6.07) is 25.0. The molecule has 4 nitrogen and oxygen atoms in total. The fraction of sp³-hybridized carbons (Fsp3) is 0.226. The van der Waals surface area contributed by atoms with Gasteiger partial charge in [-0.2, -0.15) is 4.39 Å². The van der Waals surface area contributed by atoms with Crippen molar-refractivity contribution in [3.8, 4) is 0 Å². The van der Waals surface area contributed by atoms with Crippen LogP contribution >= 0.6 is 0 Å². The van der Waals surface area contributed by atoms with E-state index in [1.165, 1.54) is 17.6 Å². The molecule has 2 saturated carbocycles. The number of H-pyrrole nitrogens is 1. The van der Waals surface area contributed by atoms with Crippen LogP contribution in [0.25, 0.3) is 28.1 Å². The van der Waals surface area contributed by atoms with Crippen LogP contribution in [0, 0.1) is 11.9 Å². The van der Waals surface area contributed by atoms with E-state index in [1.54, 1.807) is 6.08 Å². The zero-order valence-electron chi connectivity index (χ0n) is 20.0. The molecule has 2 fully saturated rings. The molecule has 6 rings (SSSR count). The molecular weight excluding hydrogens is 449 g/mol. The van der Waals surface area contributed by atoms with Gasteiger partial charge in [-0.15, -0.1) is 5.10 Å². The van der Waals surface area contributed by atoms with Crippen molar-refractivity contribution in [2.75, 3.05) is 0 Å². The number of hydrogen-bond acceptors (Lipinski definition) is 2. The van der Waals surface area contributed by atoms with E-state index in [2.05, 4.69) is 51.9 Å². The van der Waals surface area contributed by atoms with Gasteiger partial charge < -0.3 is 5.32 Å². The van der Waals surface area contributed by atoms with Gasteiger partial charge in [-0.3, -0.25) is 9.89 Å². The van der Waals surface area contributed by atoms with Crippen molar-refractivity contribution in [2.45, 2.75) is 38.1 Å². The van der Waals surface area contributed by atoms with Gasteiger partial charge in [-0.1, -0.05) is 67.1 Å². The quantitative estimate of drug-likeness (QED) is 0.228. The summed E-state index contributed by atoms with van der Waals surface area (Å²) in [5.74, 6) is -0.0759. The number of benzene rings is 3. The van der Waals surface area contributed by atoms with E-state index in [1.807, 2.05) is 42.5 Å².